The zero-order chi connectivity index (χ0) is 12.3. The van der Waals surface area contributed by atoms with Crippen molar-refractivity contribution in [3.63, 3.8) is 0 Å². The van der Waals surface area contributed by atoms with Crippen LogP contribution in [0.2, 0.25) is 0 Å². The molecule has 1 aromatic carbocycles. The molecule has 2 N–H and O–H groups in total. The number of aliphatic hydroxyl groups excluding tert-OH is 1. The summed E-state index contributed by atoms with van der Waals surface area (Å²) < 4.78 is 0. The van der Waals surface area contributed by atoms with E-state index in [1.54, 1.807) is 0 Å². The van der Waals surface area contributed by atoms with E-state index in [1.807, 2.05) is 35.2 Å². The van der Waals surface area contributed by atoms with Crippen LogP contribution in [0.1, 0.15) is 24.5 Å². The summed E-state index contributed by atoms with van der Waals surface area (Å²) in [5.74, 6) is -0.836. The highest BCUT2D eigenvalue weighted by Crippen LogP contribution is 2.28. The Labute approximate surface area is 100 Å². The van der Waals surface area contributed by atoms with Crippen molar-refractivity contribution in [3.05, 3.63) is 35.9 Å². The lowest BCUT2D eigenvalue weighted by Gasteiger charge is -2.27. The fraction of sp³-hybridized carbons (Fsp3) is 0.462. The number of aliphatic carboxylic acids is 1. The summed E-state index contributed by atoms with van der Waals surface area (Å²) in [6, 6.07) is 9.35. The molecular formula is C13H17NO3. The van der Waals surface area contributed by atoms with E-state index in [4.69, 9.17) is 5.11 Å². The van der Waals surface area contributed by atoms with E-state index in [0.29, 0.717) is 0 Å². The van der Waals surface area contributed by atoms with Crippen molar-refractivity contribution in [2.24, 2.45) is 0 Å². The van der Waals surface area contributed by atoms with E-state index in [0.717, 1.165) is 24.9 Å². The standard InChI is InChI=1S/C13H17NO3/c15-12(16)9-14-8-4-7-11(14)13(17)10-5-2-1-3-6-10/h1-3,5-6,11,13,17H,4,7-9H2,(H,15,16)/t11-,13?/m0/s1. The van der Waals surface area contributed by atoms with Crippen LogP contribution in [-0.2, 0) is 4.79 Å². The van der Waals surface area contributed by atoms with Crippen LogP contribution in [0.4, 0.5) is 0 Å². The zero-order valence-electron chi connectivity index (χ0n) is 9.62. The fourth-order valence-corrected chi connectivity index (χ4v) is 2.45. The molecule has 1 unspecified atom stereocenters. The van der Waals surface area contributed by atoms with Gasteiger partial charge in [-0.25, -0.2) is 0 Å². The van der Waals surface area contributed by atoms with Gasteiger partial charge in [0, 0.05) is 6.04 Å². The highest BCUT2D eigenvalue weighted by atomic mass is 16.4. The van der Waals surface area contributed by atoms with Gasteiger partial charge < -0.3 is 10.2 Å². The van der Waals surface area contributed by atoms with E-state index in [9.17, 15) is 9.90 Å². The smallest absolute Gasteiger partial charge is 0.317 e. The van der Waals surface area contributed by atoms with Gasteiger partial charge in [0.2, 0.25) is 0 Å². The number of carbonyl (C=O) groups is 1. The normalized spacial score (nSPS) is 22.5. The summed E-state index contributed by atoms with van der Waals surface area (Å²) in [5, 5.41) is 19.1. The molecule has 0 radical (unpaired) electrons. The van der Waals surface area contributed by atoms with Crippen LogP contribution < -0.4 is 0 Å². The molecule has 0 bridgehead atoms. The molecule has 4 heteroatoms. The van der Waals surface area contributed by atoms with Crippen LogP contribution >= 0.6 is 0 Å². The SMILES string of the molecule is O=C(O)CN1CCC[C@H]1C(O)c1ccccc1. The maximum absolute atomic E-state index is 10.7. The second-order valence-electron chi connectivity index (χ2n) is 4.43. The summed E-state index contributed by atoms with van der Waals surface area (Å²) in [6.07, 6.45) is 1.20. The minimum atomic E-state index is -0.836. The maximum Gasteiger partial charge on any atom is 0.317 e. The minimum Gasteiger partial charge on any atom is -0.480 e. The quantitative estimate of drug-likeness (QED) is 0.825. The second-order valence-corrected chi connectivity index (χ2v) is 4.43. The molecule has 2 rings (SSSR count). The van der Waals surface area contributed by atoms with Crippen molar-refractivity contribution in [1.82, 2.24) is 4.90 Å². The number of hydrogen-bond donors (Lipinski definition) is 2. The average Bonchev–Trinajstić information content (AvgIpc) is 2.76. The van der Waals surface area contributed by atoms with Crippen LogP contribution in [0.5, 0.6) is 0 Å². The molecule has 0 aromatic heterocycles. The van der Waals surface area contributed by atoms with Crippen molar-refractivity contribution < 1.29 is 15.0 Å². The van der Waals surface area contributed by atoms with E-state index < -0.39 is 12.1 Å². The molecule has 0 spiro atoms. The largest absolute Gasteiger partial charge is 0.480 e. The van der Waals surface area contributed by atoms with Crippen LogP contribution in [0.3, 0.4) is 0 Å². The first-order valence-corrected chi connectivity index (χ1v) is 5.87. The molecular weight excluding hydrogens is 218 g/mol. The third-order valence-electron chi connectivity index (χ3n) is 3.26. The van der Waals surface area contributed by atoms with Crippen molar-refractivity contribution in [1.29, 1.82) is 0 Å². The maximum atomic E-state index is 10.7. The Balaban J connectivity index is 2.08. The molecule has 2 atom stereocenters. The van der Waals surface area contributed by atoms with Gasteiger partial charge in [-0.2, -0.15) is 0 Å². The summed E-state index contributed by atoms with van der Waals surface area (Å²) >= 11 is 0. The molecule has 0 saturated carbocycles. The Morgan fingerprint density at radius 1 is 1.41 bits per heavy atom. The number of nitrogens with zero attached hydrogens (tertiary/aromatic N) is 1. The lowest BCUT2D eigenvalue weighted by molar-refractivity contribution is -0.139. The monoisotopic (exact) mass is 235 g/mol. The molecule has 1 aliphatic rings. The van der Waals surface area contributed by atoms with E-state index in [2.05, 4.69) is 0 Å². The van der Waals surface area contributed by atoms with Gasteiger partial charge in [0.05, 0.1) is 12.6 Å². The molecule has 0 amide bonds. The lowest BCUT2D eigenvalue weighted by atomic mass is 10.0. The van der Waals surface area contributed by atoms with Crippen molar-refractivity contribution in [3.8, 4) is 0 Å². The van der Waals surface area contributed by atoms with Gasteiger partial charge in [-0.1, -0.05) is 30.3 Å². The number of carboxylic acids is 1. The van der Waals surface area contributed by atoms with E-state index in [-0.39, 0.29) is 12.6 Å². The Morgan fingerprint density at radius 2 is 2.12 bits per heavy atom. The summed E-state index contributed by atoms with van der Waals surface area (Å²) in [6.45, 7) is 0.759. The molecule has 1 saturated heterocycles. The van der Waals surface area contributed by atoms with Gasteiger partial charge in [0.1, 0.15) is 0 Å². The number of aliphatic hydroxyl groups is 1. The minimum absolute atomic E-state index is 0.00849. The summed E-state index contributed by atoms with van der Waals surface area (Å²) in [5.41, 5.74) is 0.856. The molecule has 1 aromatic rings. The average molecular weight is 235 g/mol. The van der Waals surface area contributed by atoms with Gasteiger partial charge in [-0.05, 0) is 24.9 Å². The van der Waals surface area contributed by atoms with Crippen LogP contribution in [-0.4, -0.2) is 40.2 Å². The fourth-order valence-electron chi connectivity index (χ4n) is 2.45. The lowest BCUT2D eigenvalue weighted by Crippen LogP contribution is -2.38. The number of hydrogen-bond acceptors (Lipinski definition) is 3. The van der Waals surface area contributed by atoms with Crippen LogP contribution in [0.25, 0.3) is 0 Å². The Hall–Kier alpha value is -1.39. The van der Waals surface area contributed by atoms with E-state index >= 15 is 0 Å². The molecule has 4 nitrogen and oxygen atoms in total. The van der Waals surface area contributed by atoms with Gasteiger partial charge in [-0.3, -0.25) is 9.69 Å². The number of carboxylic acid groups (broad SMARTS) is 1. The van der Waals surface area contributed by atoms with Crippen LogP contribution in [0.15, 0.2) is 30.3 Å². The van der Waals surface area contributed by atoms with Gasteiger partial charge >= 0.3 is 5.97 Å². The molecule has 17 heavy (non-hydrogen) atoms. The molecule has 0 aliphatic carbocycles. The van der Waals surface area contributed by atoms with Gasteiger partial charge in [0.25, 0.3) is 0 Å². The first-order valence-electron chi connectivity index (χ1n) is 5.87. The zero-order valence-corrected chi connectivity index (χ0v) is 9.62. The van der Waals surface area contributed by atoms with Crippen molar-refractivity contribution in [2.45, 2.75) is 25.0 Å². The summed E-state index contributed by atoms with van der Waals surface area (Å²) in [4.78, 5) is 12.6. The molecule has 1 heterocycles. The highest BCUT2D eigenvalue weighted by Gasteiger charge is 2.32. The van der Waals surface area contributed by atoms with Gasteiger partial charge in [0.15, 0.2) is 0 Å². The first kappa shape index (κ1) is 12.1. The second kappa shape index (κ2) is 5.29. The van der Waals surface area contributed by atoms with Gasteiger partial charge in [-0.15, -0.1) is 0 Å². The Bertz CT molecular complexity index is 380. The third kappa shape index (κ3) is 2.84. The van der Waals surface area contributed by atoms with Crippen molar-refractivity contribution in [2.75, 3.05) is 13.1 Å². The predicted molar refractivity (Wildman–Crippen MR) is 63.6 cm³/mol. The number of benzene rings is 1. The molecule has 1 aliphatic heterocycles. The summed E-state index contributed by atoms with van der Waals surface area (Å²) in [7, 11) is 0. The number of likely N-dealkylation sites (tertiary alicyclic amines) is 1. The van der Waals surface area contributed by atoms with Crippen molar-refractivity contribution >= 4 is 5.97 Å². The highest BCUT2D eigenvalue weighted by molar-refractivity contribution is 5.69. The molecule has 1 fully saturated rings. The first-order chi connectivity index (χ1) is 8.18. The van der Waals surface area contributed by atoms with Crippen LogP contribution in [0, 0.1) is 0 Å². The Kier molecular flexibility index (Phi) is 3.76. The topological polar surface area (TPSA) is 60.8 Å². The molecule has 92 valence electrons. The third-order valence-corrected chi connectivity index (χ3v) is 3.26. The predicted octanol–water partition coefficient (Wildman–Crippen LogP) is 1.27. The Morgan fingerprint density at radius 3 is 2.76 bits per heavy atom. The number of rotatable bonds is 4. The van der Waals surface area contributed by atoms with E-state index in [1.165, 1.54) is 0 Å².